The number of carbonyl (C=O) groups excluding carboxylic acids is 1. The fraction of sp³-hybridized carbons (Fsp3) is 0.278. The van der Waals surface area contributed by atoms with Crippen LogP contribution in [0.25, 0.3) is 0 Å². The Hall–Kier alpha value is -2.29. The molecule has 2 N–H and O–H groups in total. The SMILES string of the molecule is Cc1cc(C)cc(C(=O)N2CCc3cccc(N)c3C2)c1. The van der Waals surface area contributed by atoms with E-state index in [1.807, 2.05) is 43.0 Å². The summed E-state index contributed by atoms with van der Waals surface area (Å²) in [7, 11) is 0. The Bertz CT molecular complexity index is 686. The Morgan fingerprint density at radius 1 is 1.14 bits per heavy atom. The molecule has 0 unspecified atom stereocenters. The van der Waals surface area contributed by atoms with Crippen LogP contribution in [0.15, 0.2) is 36.4 Å². The molecule has 0 radical (unpaired) electrons. The maximum Gasteiger partial charge on any atom is 0.254 e. The lowest BCUT2D eigenvalue weighted by Gasteiger charge is -2.30. The summed E-state index contributed by atoms with van der Waals surface area (Å²) in [6.07, 6.45) is 0.872. The van der Waals surface area contributed by atoms with Crippen LogP contribution < -0.4 is 5.73 Å². The average Bonchev–Trinajstić information content (AvgIpc) is 2.45. The van der Waals surface area contributed by atoms with Gasteiger partial charge in [0.1, 0.15) is 0 Å². The molecule has 0 aromatic heterocycles. The number of nitrogens with two attached hydrogens (primary N) is 1. The van der Waals surface area contributed by atoms with Crippen LogP contribution in [0.3, 0.4) is 0 Å². The molecular formula is C18H20N2O. The quantitative estimate of drug-likeness (QED) is 0.816. The van der Waals surface area contributed by atoms with Gasteiger partial charge in [-0.25, -0.2) is 0 Å². The largest absolute Gasteiger partial charge is 0.398 e. The summed E-state index contributed by atoms with van der Waals surface area (Å²) >= 11 is 0. The molecule has 3 rings (SSSR count). The molecule has 0 saturated carbocycles. The molecule has 0 spiro atoms. The van der Waals surface area contributed by atoms with Crippen LogP contribution in [-0.4, -0.2) is 17.4 Å². The highest BCUT2D eigenvalue weighted by Crippen LogP contribution is 2.25. The molecule has 2 aromatic carbocycles. The van der Waals surface area contributed by atoms with Crippen molar-refractivity contribution in [2.75, 3.05) is 12.3 Å². The van der Waals surface area contributed by atoms with Crippen LogP contribution >= 0.6 is 0 Å². The molecule has 0 aliphatic carbocycles. The van der Waals surface area contributed by atoms with E-state index in [-0.39, 0.29) is 5.91 Å². The number of benzene rings is 2. The fourth-order valence-electron chi connectivity index (χ4n) is 3.06. The highest BCUT2D eigenvalue weighted by atomic mass is 16.2. The van der Waals surface area contributed by atoms with E-state index >= 15 is 0 Å². The van der Waals surface area contributed by atoms with Crippen molar-refractivity contribution in [3.8, 4) is 0 Å². The van der Waals surface area contributed by atoms with Crippen molar-refractivity contribution in [2.45, 2.75) is 26.8 Å². The van der Waals surface area contributed by atoms with E-state index in [0.29, 0.717) is 6.54 Å². The number of hydrogen-bond donors (Lipinski definition) is 1. The van der Waals surface area contributed by atoms with E-state index in [9.17, 15) is 4.79 Å². The summed E-state index contributed by atoms with van der Waals surface area (Å²) in [5.41, 5.74) is 12.2. The normalized spacial score (nSPS) is 13.9. The third-order valence-corrected chi connectivity index (χ3v) is 4.07. The van der Waals surface area contributed by atoms with Crippen LogP contribution in [0, 0.1) is 13.8 Å². The number of aryl methyl sites for hydroxylation is 2. The van der Waals surface area contributed by atoms with Crippen molar-refractivity contribution < 1.29 is 4.79 Å². The zero-order valence-electron chi connectivity index (χ0n) is 12.5. The lowest BCUT2D eigenvalue weighted by Crippen LogP contribution is -2.36. The lowest BCUT2D eigenvalue weighted by atomic mass is 9.97. The van der Waals surface area contributed by atoms with Crippen LogP contribution in [0.2, 0.25) is 0 Å². The number of carbonyl (C=O) groups is 1. The minimum absolute atomic E-state index is 0.0932. The van der Waals surface area contributed by atoms with Crippen LogP contribution in [0.5, 0.6) is 0 Å². The predicted molar refractivity (Wildman–Crippen MR) is 85.2 cm³/mol. The van der Waals surface area contributed by atoms with Gasteiger partial charge in [-0.15, -0.1) is 0 Å². The maximum absolute atomic E-state index is 12.7. The standard InChI is InChI=1S/C18H20N2O/c1-12-8-13(2)10-15(9-12)18(21)20-7-6-14-4-3-5-17(19)16(14)11-20/h3-5,8-10H,6-7,11,19H2,1-2H3. The first kappa shape index (κ1) is 13.7. The summed E-state index contributed by atoms with van der Waals surface area (Å²) in [5, 5.41) is 0. The van der Waals surface area contributed by atoms with Crippen LogP contribution in [-0.2, 0) is 13.0 Å². The van der Waals surface area contributed by atoms with Crippen molar-refractivity contribution >= 4 is 11.6 Å². The number of fused-ring (bicyclic) bond motifs is 1. The van der Waals surface area contributed by atoms with Gasteiger partial charge in [0.15, 0.2) is 0 Å². The Labute approximate surface area is 125 Å². The first-order valence-corrected chi connectivity index (χ1v) is 7.28. The maximum atomic E-state index is 12.7. The second kappa shape index (κ2) is 5.24. The highest BCUT2D eigenvalue weighted by molar-refractivity contribution is 5.94. The third kappa shape index (κ3) is 2.64. The molecule has 21 heavy (non-hydrogen) atoms. The van der Waals surface area contributed by atoms with Gasteiger partial charge in [-0.1, -0.05) is 29.3 Å². The Morgan fingerprint density at radius 2 is 1.86 bits per heavy atom. The van der Waals surface area contributed by atoms with Gasteiger partial charge in [0.05, 0.1) is 0 Å². The zero-order chi connectivity index (χ0) is 15.0. The Kier molecular flexibility index (Phi) is 3.42. The summed E-state index contributed by atoms with van der Waals surface area (Å²) < 4.78 is 0. The van der Waals surface area contributed by atoms with Crippen molar-refractivity contribution in [3.05, 3.63) is 64.2 Å². The van der Waals surface area contributed by atoms with E-state index in [1.165, 1.54) is 5.56 Å². The van der Waals surface area contributed by atoms with E-state index in [0.717, 1.165) is 40.9 Å². The molecule has 1 heterocycles. The first-order valence-electron chi connectivity index (χ1n) is 7.28. The Balaban J connectivity index is 1.89. The third-order valence-electron chi connectivity index (χ3n) is 4.07. The number of amides is 1. The minimum atomic E-state index is 0.0932. The first-order chi connectivity index (χ1) is 10.0. The van der Waals surface area contributed by atoms with E-state index in [2.05, 4.69) is 12.1 Å². The second-order valence-electron chi connectivity index (χ2n) is 5.84. The van der Waals surface area contributed by atoms with E-state index in [4.69, 9.17) is 5.73 Å². The minimum Gasteiger partial charge on any atom is -0.398 e. The van der Waals surface area contributed by atoms with Crippen molar-refractivity contribution in [2.24, 2.45) is 0 Å². The molecule has 0 atom stereocenters. The molecule has 3 heteroatoms. The van der Waals surface area contributed by atoms with E-state index in [1.54, 1.807) is 0 Å². The molecule has 0 fully saturated rings. The van der Waals surface area contributed by atoms with Crippen molar-refractivity contribution in [1.82, 2.24) is 4.90 Å². The summed E-state index contributed by atoms with van der Waals surface area (Å²) in [6, 6.07) is 12.0. The smallest absolute Gasteiger partial charge is 0.254 e. The molecule has 3 nitrogen and oxygen atoms in total. The van der Waals surface area contributed by atoms with Gasteiger partial charge in [-0.3, -0.25) is 4.79 Å². The highest BCUT2D eigenvalue weighted by Gasteiger charge is 2.23. The second-order valence-corrected chi connectivity index (χ2v) is 5.84. The molecule has 0 bridgehead atoms. The van der Waals surface area contributed by atoms with Gasteiger partial charge in [0.25, 0.3) is 5.91 Å². The number of anilines is 1. The van der Waals surface area contributed by atoms with Crippen molar-refractivity contribution in [3.63, 3.8) is 0 Å². The summed E-state index contributed by atoms with van der Waals surface area (Å²) in [4.78, 5) is 14.6. The van der Waals surface area contributed by atoms with Gasteiger partial charge < -0.3 is 10.6 Å². The van der Waals surface area contributed by atoms with Crippen molar-refractivity contribution in [1.29, 1.82) is 0 Å². The van der Waals surface area contributed by atoms with E-state index < -0.39 is 0 Å². The monoisotopic (exact) mass is 280 g/mol. The molecule has 1 aliphatic rings. The topological polar surface area (TPSA) is 46.3 Å². The molecule has 1 aliphatic heterocycles. The molecule has 2 aromatic rings. The summed E-state index contributed by atoms with van der Waals surface area (Å²) in [6.45, 7) is 5.40. The van der Waals surface area contributed by atoms with Crippen LogP contribution in [0.4, 0.5) is 5.69 Å². The predicted octanol–water partition coefficient (Wildman–Crippen LogP) is 3.08. The lowest BCUT2D eigenvalue weighted by molar-refractivity contribution is 0.0735. The number of rotatable bonds is 1. The summed E-state index contributed by atoms with van der Waals surface area (Å²) in [5.74, 6) is 0.0932. The fourth-order valence-corrected chi connectivity index (χ4v) is 3.06. The van der Waals surface area contributed by atoms with Gasteiger partial charge in [-0.2, -0.15) is 0 Å². The molecular weight excluding hydrogens is 260 g/mol. The average molecular weight is 280 g/mol. The number of nitrogens with zero attached hydrogens (tertiary/aromatic N) is 1. The van der Waals surface area contributed by atoms with Gasteiger partial charge in [0.2, 0.25) is 0 Å². The van der Waals surface area contributed by atoms with Gasteiger partial charge >= 0.3 is 0 Å². The van der Waals surface area contributed by atoms with Gasteiger partial charge in [-0.05, 0) is 49.6 Å². The Morgan fingerprint density at radius 3 is 2.57 bits per heavy atom. The molecule has 1 amide bonds. The molecule has 108 valence electrons. The number of nitrogen functional groups attached to an aromatic ring is 1. The van der Waals surface area contributed by atoms with Gasteiger partial charge in [0, 0.05) is 24.3 Å². The zero-order valence-corrected chi connectivity index (χ0v) is 12.5. The van der Waals surface area contributed by atoms with Crippen LogP contribution in [0.1, 0.15) is 32.6 Å². The molecule has 0 saturated heterocycles. The number of hydrogen-bond acceptors (Lipinski definition) is 2.